The van der Waals surface area contributed by atoms with Gasteiger partial charge in [0.25, 0.3) is 0 Å². The van der Waals surface area contributed by atoms with Crippen LogP contribution in [-0.4, -0.2) is 52.9 Å². The molecule has 0 unspecified atom stereocenters. The quantitative estimate of drug-likeness (QED) is 0.871. The minimum Gasteiger partial charge on any atom is -0.353 e. The molecule has 0 atom stereocenters. The van der Waals surface area contributed by atoms with Gasteiger partial charge in [-0.05, 0) is 30.3 Å². The monoisotopic (exact) mass is 354 g/mol. The molecule has 8 nitrogen and oxygen atoms in total. The van der Waals surface area contributed by atoms with E-state index in [0.29, 0.717) is 19.0 Å². The van der Waals surface area contributed by atoms with Crippen molar-refractivity contribution in [3.63, 3.8) is 0 Å². The van der Waals surface area contributed by atoms with Gasteiger partial charge in [0.15, 0.2) is 0 Å². The highest BCUT2D eigenvalue weighted by Gasteiger charge is 2.19. The zero-order chi connectivity index (χ0) is 18.5. The van der Waals surface area contributed by atoms with Crippen molar-refractivity contribution in [2.45, 2.75) is 13.8 Å². The molecule has 2 aromatic rings. The number of carbonyl (C=O) groups excluding carboxylic acids is 2. The molecule has 0 saturated carbocycles. The Balaban J connectivity index is 1.64. The zero-order valence-corrected chi connectivity index (χ0v) is 14.9. The van der Waals surface area contributed by atoms with Crippen LogP contribution < -0.4 is 15.5 Å². The van der Waals surface area contributed by atoms with E-state index in [-0.39, 0.29) is 11.8 Å². The van der Waals surface area contributed by atoms with Crippen molar-refractivity contribution < 1.29 is 9.59 Å². The Morgan fingerprint density at radius 3 is 2.23 bits per heavy atom. The topological polar surface area (TPSA) is 90.5 Å². The second-order valence-electron chi connectivity index (χ2n) is 6.12. The first-order valence-corrected chi connectivity index (χ1v) is 8.49. The first kappa shape index (κ1) is 17.7. The second kappa shape index (κ2) is 7.81. The minimum atomic E-state index is -0.105. The maximum atomic E-state index is 11.4. The Hall–Kier alpha value is -3.16. The molecule has 8 heteroatoms. The number of carbonyl (C=O) groups is 2. The summed E-state index contributed by atoms with van der Waals surface area (Å²) in [4.78, 5) is 35.3. The Bertz CT molecular complexity index is 785. The summed E-state index contributed by atoms with van der Waals surface area (Å²) in [5.74, 6) is 1.34. The lowest BCUT2D eigenvalue weighted by Crippen LogP contribution is -2.48. The van der Waals surface area contributed by atoms with Gasteiger partial charge in [0.05, 0.1) is 0 Å². The third kappa shape index (κ3) is 4.47. The van der Waals surface area contributed by atoms with Gasteiger partial charge in [-0.3, -0.25) is 9.59 Å². The normalized spacial score (nSPS) is 14.1. The first-order valence-electron chi connectivity index (χ1n) is 8.49. The van der Waals surface area contributed by atoms with E-state index in [0.717, 1.165) is 30.3 Å². The summed E-state index contributed by atoms with van der Waals surface area (Å²) in [6.45, 7) is 5.98. The Kier molecular flexibility index (Phi) is 5.31. The van der Waals surface area contributed by atoms with E-state index in [4.69, 9.17) is 0 Å². The van der Waals surface area contributed by atoms with Crippen LogP contribution in [0.3, 0.4) is 0 Å². The van der Waals surface area contributed by atoms with Crippen LogP contribution in [0.4, 0.5) is 23.1 Å². The van der Waals surface area contributed by atoms with Gasteiger partial charge < -0.3 is 20.4 Å². The predicted octanol–water partition coefficient (Wildman–Crippen LogP) is 1.85. The van der Waals surface area contributed by atoms with Crippen molar-refractivity contribution in [2.75, 3.05) is 41.7 Å². The highest BCUT2D eigenvalue weighted by atomic mass is 16.2. The fourth-order valence-corrected chi connectivity index (χ4v) is 2.81. The van der Waals surface area contributed by atoms with Crippen molar-refractivity contribution in [1.29, 1.82) is 0 Å². The third-order valence-electron chi connectivity index (χ3n) is 4.15. The molecule has 136 valence electrons. The molecule has 1 aromatic heterocycles. The average Bonchev–Trinajstić information content (AvgIpc) is 2.63. The number of benzene rings is 1. The van der Waals surface area contributed by atoms with Crippen LogP contribution in [0.2, 0.25) is 0 Å². The van der Waals surface area contributed by atoms with Gasteiger partial charge in [0.2, 0.25) is 17.8 Å². The van der Waals surface area contributed by atoms with Crippen molar-refractivity contribution in [2.24, 2.45) is 0 Å². The molecular weight excluding hydrogens is 332 g/mol. The van der Waals surface area contributed by atoms with Gasteiger partial charge in [-0.25, -0.2) is 4.98 Å². The molecular formula is C18H22N6O2. The summed E-state index contributed by atoms with van der Waals surface area (Å²) < 4.78 is 0. The molecule has 0 aliphatic carbocycles. The van der Waals surface area contributed by atoms with Crippen LogP contribution in [0.5, 0.6) is 0 Å². The lowest BCUT2D eigenvalue weighted by atomic mass is 10.3. The molecule has 1 saturated heterocycles. The molecule has 2 amide bonds. The van der Waals surface area contributed by atoms with Crippen molar-refractivity contribution in [1.82, 2.24) is 14.9 Å². The molecule has 26 heavy (non-hydrogen) atoms. The lowest BCUT2D eigenvalue weighted by Gasteiger charge is -2.34. The van der Waals surface area contributed by atoms with Crippen molar-refractivity contribution >= 4 is 35.0 Å². The number of nitrogens with zero attached hydrogens (tertiary/aromatic N) is 4. The van der Waals surface area contributed by atoms with Crippen LogP contribution in [0.1, 0.15) is 13.8 Å². The Morgan fingerprint density at radius 2 is 1.62 bits per heavy atom. The van der Waals surface area contributed by atoms with Crippen LogP contribution in [-0.2, 0) is 9.59 Å². The van der Waals surface area contributed by atoms with Crippen LogP contribution in [0, 0.1) is 0 Å². The standard InChI is InChI=1S/C18H22N6O2/c1-13(25)20-15-3-5-16(6-4-15)21-18-19-8-7-17(22-18)24-11-9-23(10-12-24)14(2)26/h3-8H,9-12H2,1-2H3,(H,20,25)(H,19,21,22). The summed E-state index contributed by atoms with van der Waals surface area (Å²) >= 11 is 0. The fourth-order valence-electron chi connectivity index (χ4n) is 2.81. The lowest BCUT2D eigenvalue weighted by molar-refractivity contribution is -0.129. The van der Waals surface area contributed by atoms with Crippen LogP contribution >= 0.6 is 0 Å². The fraction of sp³-hybridized carbons (Fsp3) is 0.333. The Labute approximate surface area is 152 Å². The van der Waals surface area contributed by atoms with Gasteiger partial charge in [0.1, 0.15) is 5.82 Å². The largest absolute Gasteiger partial charge is 0.353 e. The van der Waals surface area contributed by atoms with E-state index < -0.39 is 0 Å². The summed E-state index contributed by atoms with van der Waals surface area (Å²) in [5.41, 5.74) is 1.57. The highest BCUT2D eigenvalue weighted by molar-refractivity contribution is 5.88. The zero-order valence-electron chi connectivity index (χ0n) is 14.9. The predicted molar refractivity (Wildman–Crippen MR) is 101 cm³/mol. The molecule has 2 N–H and O–H groups in total. The van der Waals surface area contributed by atoms with E-state index in [1.165, 1.54) is 6.92 Å². The number of hydrogen-bond donors (Lipinski definition) is 2. The molecule has 0 radical (unpaired) electrons. The maximum Gasteiger partial charge on any atom is 0.229 e. The van der Waals surface area contributed by atoms with E-state index in [1.807, 2.05) is 35.2 Å². The molecule has 3 rings (SSSR count). The third-order valence-corrected chi connectivity index (χ3v) is 4.15. The van der Waals surface area contributed by atoms with Crippen molar-refractivity contribution in [3.8, 4) is 0 Å². The van der Waals surface area contributed by atoms with Crippen LogP contribution in [0.25, 0.3) is 0 Å². The number of rotatable bonds is 4. The van der Waals surface area contributed by atoms with Crippen molar-refractivity contribution in [3.05, 3.63) is 36.5 Å². The summed E-state index contributed by atoms with van der Waals surface area (Å²) in [6.07, 6.45) is 1.72. The number of nitrogens with one attached hydrogen (secondary N) is 2. The van der Waals surface area contributed by atoms with Crippen LogP contribution in [0.15, 0.2) is 36.5 Å². The number of anilines is 4. The number of amides is 2. The van der Waals surface area contributed by atoms with E-state index in [9.17, 15) is 9.59 Å². The summed E-state index contributed by atoms with van der Waals surface area (Å²) in [5, 5.41) is 5.89. The van der Waals surface area contributed by atoms with Gasteiger partial charge in [-0.2, -0.15) is 4.98 Å². The molecule has 2 heterocycles. The summed E-state index contributed by atoms with van der Waals surface area (Å²) in [7, 11) is 0. The maximum absolute atomic E-state index is 11.4. The summed E-state index contributed by atoms with van der Waals surface area (Å²) in [6, 6.07) is 9.21. The SMILES string of the molecule is CC(=O)Nc1ccc(Nc2nccc(N3CCN(C(C)=O)CC3)n2)cc1. The number of hydrogen-bond acceptors (Lipinski definition) is 6. The first-order chi connectivity index (χ1) is 12.5. The number of aromatic nitrogens is 2. The van der Waals surface area contributed by atoms with E-state index in [1.54, 1.807) is 13.1 Å². The van der Waals surface area contributed by atoms with E-state index in [2.05, 4.69) is 25.5 Å². The molecule has 1 aliphatic heterocycles. The van der Waals surface area contributed by atoms with Gasteiger partial charge >= 0.3 is 0 Å². The average molecular weight is 354 g/mol. The molecule has 1 aromatic carbocycles. The molecule has 1 fully saturated rings. The molecule has 1 aliphatic rings. The van der Waals surface area contributed by atoms with Gasteiger partial charge in [-0.15, -0.1) is 0 Å². The molecule has 0 spiro atoms. The Morgan fingerprint density at radius 1 is 0.962 bits per heavy atom. The smallest absolute Gasteiger partial charge is 0.229 e. The number of piperazine rings is 1. The minimum absolute atomic E-state index is 0.105. The molecule has 0 bridgehead atoms. The van der Waals surface area contributed by atoms with E-state index >= 15 is 0 Å². The van der Waals surface area contributed by atoms with Gasteiger partial charge in [-0.1, -0.05) is 0 Å². The van der Waals surface area contributed by atoms with Gasteiger partial charge in [0, 0.05) is 57.6 Å². The highest BCUT2D eigenvalue weighted by Crippen LogP contribution is 2.19. The second-order valence-corrected chi connectivity index (χ2v) is 6.12.